The number of carbonyl (C=O) groups excluding carboxylic acids is 1. The summed E-state index contributed by atoms with van der Waals surface area (Å²) in [6.45, 7) is 5.90. The molecule has 1 heterocycles. The monoisotopic (exact) mass is 499 g/mol. The first-order valence-corrected chi connectivity index (χ1v) is 11.9. The van der Waals surface area contributed by atoms with Gasteiger partial charge in [-0.2, -0.15) is 5.10 Å². The Balaban J connectivity index is 1.33. The van der Waals surface area contributed by atoms with E-state index in [-0.39, 0.29) is 18.4 Å². The van der Waals surface area contributed by atoms with Crippen molar-refractivity contribution in [1.82, 2.24) is 10.2 Å². The lowest BCUT2D eigenvalue weighted by Crippen LogP contribution is -2.13. The van der Waals surface area contributed by atoms with Crippen LogP contribution in [0.4, 0.5) is 15.9 Å². The van der Waals surface area contributed by atoms with Crippen LogP contribution < -0.4 is 14.8 Å². The average Bonchev–Trinajstić information content (AvgIpc) is 3.39. The standard InChI is InChI=1S/C26H30FN3O6/c1-3-34-23-14-18-13-22-25(29-30-26(22)28-20-6-4-5-19(27)15-20)21(18)16-24(23)36-12-10-33-8-7-32-9-11-35-17(2)31/h4-6,14-16H,3,7-13H2,1-2H3,(H2,28,29,30). The van der Waals surface area contributed by atoms with E-state index < -0.39 is 0 Å². The summed E-state index contributed by atoms with van der Waals surface area (Å²) in [6.07, 6.45) is 0.666. The van der Waals surface area contributed by atoms with Gasteiger partial charge in [-0.25, -0.2) is 4.39 Å². The van der Waals surface area contributed by atoms with Crippen molar-refractivity contribution in [1.29, 1.82) is 0 Å². The van der Waals surface area contributed by atoms with Crippen LogP contribution in [0, 0.1) is 5.82 Å². The van der Waals surface area contributed by atoms with Gasteiger partial charge in [0.05, 0.1) is 38.7 Å². The number of halogens is 1. The van der Waals surface area contributed by atoms with Crippen LogP contribution in [0.3, 0.4) is 0 Å². The maximum absolute atomic E-state index is 13.6. The van der Waals surface area contributed by atoms with Crippen molar-refractivity contribution in [2.75, 3.05) is 51.6 Å². The Hall–Kier alpha value is -3.63. The number of esters is 1. The molecule has 0 atom stereocenters. The highest BCUT2D eigenvalue weighted by Crippen LogP contribution is 2.44. The molecule has 0 saturated carbocycles. The molecule has 36 heavy (non-hydrogen) atoms. The smallest absolute Gasteiger partial charge is 0.302 e. The second-order valence-corrected chi connectivity index (χ2v) is 8.04. The van der Waals surface area contributed by atoms with Gasteiger partial charge in [0, 0.05) is 30.2 Å². The highest BCUT2D eigenvalue weighted by Gasteiger charge is 2.27. The Morgan fingerprint density at radius 2 is 1.78 bits per heavy atom. The van der Waals surface area contributed by atoms with Gasteiger partial charge in [0.15, 0.2) is 17.3 Å². The topological polar surface area (TPSA) is 104 Å². The van der Waals surface area contributed by atoms with E-state index in [2.05, 4.69) is 15.5 Å². The Bertz CT molecular complexity index is 1180. The maximum Gasteiger partial charge on any atom is 0.302 e. The highest BCUT2D eigenvalue weighted by atomic mass is 19.1. The Morgan fingerprint density at radius 3 is 2.53 bits per heavy atom. The van der Waals surface area contributed by atoms with Crippen molar-refractivity contribution < 1.29 is 32.9 Å². The Morgan fingerprint density at radius 1 is 1.03 bits per heavy atom. The maximum atomic E-state index is 13.6. The second kappa shape index (κ2) is 12.4. The summed E-state index contributed by atoms with van der Waals surface area (Å²) in [5.41, 5.74) is 4.63. The molecule has 1 aliphatic rings. The first kappa shape index (κ1) is 25.5. The van der Waals surface area contributed by atoms with Gasteiger partial charge in [-0.3, -0.25) is 9.89 Å². The van der Waals surface area contributed by atoms with Crippen LogP contribution in [-0.2, 0) is 25.4 Å². The van der Waals surface area contributed by atoms with Crippen molar-refractivity contribution in [3.8, 4) is 22.8 Å². The van der Waals surface area contributed by atoms with Crippen LogP contribution in [0.1, 0.15) is 25.0 Å². The summed E-state index contributed by atoms with van der Waals surface area (Å²) in [5.74, 6) is 1.32. The molecule has 192 valence electrons. The van der Waals surface area contributed by atoms with E-state index in [0.29, 0.717) is 69.1 Å². The van der Waals surface area contributed by atoms with Gasteiger partial charge in [-0.15, -0.1) is 0 Å². The van der Waals surface area contributed by atoms with E-state index in [1.807, 2.05) is 19.1 Å². The molecule has 4 rings (SSSR count). The van der Waals surface area contributed by atoms with E-state index >= 15 is 0 Å². The van der Waals surface area contributed by atoms with Crippen LogP contribution in [0.25, 0.3) is 11.3 Å². The zero-order valence-corrected chi connectivity index (χ0v) is 20.4. The van der Waals surface area contributed by atoms with Crippen LogP contribution in [-0.4, -0.2) is 62.4 Å². The van der Waals surface area contributed by atoms with E-state index in [1.54, 1.807) is 12.1 Å². The number of fused-ring (bicyclic) bond motifs is 3. The minimum atomic E-state index is -0.324. The zero-order valence-electron chi connectivity index (χ0n) is 20.4. The lowest BCUT2D eigenvalue weighted by Gasteiger charge is -2.14. The number of hydrogen-bond donors (Lipinski definition) is 2. The number of benzene rings is 2. The number of hydrogen-bond acceptors (Lipinski definition) is 8. The molecule has 0 bridgehead atoms. The molecular formula is C26H30FN3O6. The number of ether oxygens (including phenoxy) is 5. The summed E-state index contributed by atoms with van der Waals surface area (Å²) >= 11 is 0. The number of nitrogens with zero attached hydrogens (tertiary/aromatic N) is 1. The normalized spacial score (nSPS) is 11.6. The van der Waals surface area contributed by atoms with Gasteiger partial charge in [0.2, 0.25) is 0 Å². The van der Waals surface area contributed by atoms with Crippen LogP contribution in [0.2, 0.25) is 0 Å². The van der Waals surface area contributed by atoms with Gasteiger partial charge in [0.25, 0.3) is 0 Å². The second-order valence-electron chi connectivity index (χ2n) is 8.04. The third kappa shape index (κ3) is 6.52. The molecule has 2 aromatic carbocycles. The number of rotatable bonds is 14. The number of aromatic nitrogens is 2. The Labute approximate surface area is 208 Å². The van der Waals surface area contributed by atoms with Crippen molar-refractivity contribution in [3.63, 3.8) is 0 Å². The first-order chi connectivity index (χ1) is 17.5. The molecule has 3 aromatic rings. The molecule has 10 heteroatoms. The highest BCUT2D eigenvalue weighted by molar-refractivity contribution is 5.81. The fraction of sp³-hybridized carbons (Fsp3) is 0.385. The summed E-state index contributed by atoms with van der Waals surface area (Å²) in [4.78, 5) is 10.7. The zero-order chi connectivity index (χ0) is 25.3. The lowest BCUT2D eigenvalue weighted by atomic mass is 10.1. The molecule has 0 fully saturated rings. The van der Waals surface area contributed by atoms with Crippen molar-refractivity contribution in [2.24, 2.45) is 0 Å². The molecule has 0 aliphatic heterocycles. The first-order valence-electron chi connectivity index (χ1n) is 11.9. The number of aromatic amines is 1. The van der Waals surface area contributed by atoms with Crippen LogP contribution in [0.5, 0.6) is 11.5 Å². The summed E-state index contributed by atoms with van der Waals surface area (Å²) in [7, 11) is 0. The number of nitrogens with one attached hydrogen (secondary N) is 2. The summed E-state index contributed by atoms with van der Waals surface area (Å²) in [5, 5.41) is 10.7. The predicted molar refractivity (Wildman–Crippen MR) is 131 cm³/mol. The molecular weight excluding hydrogens is 469 g/mol. The van der Waals surface area contributed by atoms with E-state index in [0.717, 1.165) is 22.4 Å². The Kier molecular flexibility index (Phi) is 8.75. The van der Waals surface area contributed by atoms with Gasteiger partial charge in [-0.1, -0.05) is 6.07 Å². The SMILES string of the molecule is CCOc1cc2c(cc1OCCOCCOCCOC(C)=O)-c1[nH]nc(Nc3cccc(F)c3)c1C2. The predicted octanol–water partition coefficient (Wildman–Crippen LogP) is 4.24. The largest absolute Gasteiger partial charge is 0.490 e. The van der Waals surface area contributed by atoms with Gasteiger partial charge in [-0.05, 0) is 42.8 Å². The van der Waals surface area contributed by atoms with Crippen molar-refractivity contribution in [2.45, 2.75) is 20.3 Å². The molecule has 0 saturated heterocycles. The average molecular weight is 500 g/mol. The van der Waals surface area contributed by atoms with E-state index in [1.165, 1.54) is 19.1 Å². The van der Waals surface area contributed by atoms with Gasteiger partial charge < -0.3 is 29.0 Å². The van der Waals surface area contributed by atoms with Crippen molar-refractivity contribution in [3.05, 3.63) is 53.3 Å². The third-order valence-electron chi connectivity index (χ3n) is 5.45. The molecule has 0 radical (unpaired) electrons. The summed E-state index contributed by atoms with van der Waals surface area (Å²) < 4.78 is 41.1. The van der Waals surface area contributed by atoms with E-state index in [9.17, 15) is 9.18 Å². The van der Waals surface area contributed by atoms with Crippen LogP contribution in [0.15, 0.2) is 36.4 Å². The molecule has 9 nitrogen and oxygen atoms in total. The van der Waals surface area contributed by atoms with Gasteiger partial charge >= 0.3 is 5.97 Å². The number of carbonyl (C=O) groups is 1. The fourth-order valence-electron chi connectivity index (χ4n) is 3.90. The van der Waals surface area contributed by atoms with E-state index in [4.69, 9.17) is 23.7 Å². The van der Waals surface area contributed by atoms with Crippen molar-refractivity contribution >= 4 is 17.5 Å². The molecule has 1 aromatic heterocycles. The lowest BCUT2D eigenvalue weighted by molar-refractivity contribution is -0.142. The minimum absolute atomic E-state index is 0.234. The molecule has 0 spiro atoms. The minimum Gasteiger partial charge on any atom is -0.490 e. The molecule has 2 N–H and O–H groups in total. The third-order valence-corrected chi connectivity index (χ3v) is 5.45. The fourth-order valence-corrected chi connectivity index (χ4v) is 3.90. The molecule has 0 amide bonds. The quantitative estimate of drug-likeness (QED) is 0.196. The van der Waals surface area contributed by atoms with Crippen LogP contribution >= 0.6 is 0 Å². The number of H-pyrrole nitrogens is 1. The molecule has 1 aliphatic carbocycles. The number of anilines is 2. The molecule has 0 unspecified atom stereocenters. The summed E-state index contributed by atoms with van der Waals surface area (Å²) in [6, 6.07) is 10.2. The van der Waals surface area contributed by atoms with Gasteiger partial charge in [0.1, 0.15) is 19.0 Å².